The molecule has 4 N–H and O–H groups in total. The summed E-state index contributed by atoms with van der Waals surface area (Å²) >= 11 is 0. The molecule has 2 fully saturated rings. The second kappa shape index (κ2) is 24.1. The van der Waals surface area contributed by atoms with Crippen LogP contribution in [0.2, 0.25) is 0 Å². The Labute approximate surface area is 378 Å². The number of carbonyl (C=O) groups excluding carboxylic acids is 4. The molecule has 0 heterocycles. The first-order valence-electron chi connectivity index (χ1n) is 23.2. The molecule has 0 atom stereocenters. The lowest BCUT2D eigenvalue weighted by molar-refractivity contribution is -0.141. The highest BCUT2D eigenvalue weighted by molar-refractivity contribution is 5.88. The Balaban J connectivity index is 0.982. The van der Waals surface area contributed by atoms with Gasteiger partial charge in [-0.05, 0) is 157 Å². The number of nitrogens with two attached hydrogens (primary N) is 2. The van der Waals surface area contributed by atoms with Gasteiger partial charge in [-0.25, -0.2) is 9.59 Å². The van der Waals surface area contributed by atoms with Crippen LogP contribution < -0.4 is 20.9 Å². The van der Waals surface area contributed by atoms with E-state index in [0.717, 1.165) is 85.5 Å². The molecule has 338 valence electrons. The number of benzene rings is 4. The molecule has 0 aromatic heterocycles. The molecular weight excluding hydrogens is 805 g/mol. The molecular formula is C54H64N2O8. The van der Waals surface area contributed by atoms with Crippen molar-refractivity contribution in [1.82, 2.24) is 0 Å². The normalized spacial score (nSPS) is 18.7. The number of hydrogen-bond donors (Lipinski definition) is 2. The largest absolute Gasteiger partial charge is 0.458 e. The molecule has 0 amide bonds. The predicted molar refractivity (Wildman–Crippen MR) is 252 cm³/mol. The van der Waals surface area contributed by atoms with Crippen molar-refractivity contribution in [3.63, 3.8) is 0 Å². The van der Waals surface area contributed by atoms with Gasteiger partial charge in [-0.2, -0.15) is 0 Å². The predicted octanol–water partition coefficient (Wildman–Crippen LogP) is 11.8. The lowest BCUT2D eigenvalue weighted by Crippen LogP contribution is -2.25. The zero-order valence-corrected chi connectivity index (χ0v) is 37.4. The van der Waals surface area contributed by atoms with Crippen LogP contribution in [-0.2, 0) is 41.9 Å². The van der Waals surface area contributed by atoms with Crippen LogP contribution in [0.4, 0.5) is 11.4 Å². The zero-order valence-electron chi connectivity index (χ0n) is 37.4. The zero-order chi connectivity index (χ0) is 45.3. The number of esters is 4. The van der Waals surface area contributed by atoms with Crippen LogP contribution in [0.3, 0.4) is 0 Å². The molecule has 10 heteroatoms. The highest BCUT2D eigenvalue weighted by atomic mass is 16.5. The van der Waals surface area contributed by atoms with Gasteiger partial charge in [0.15, 0.2) is 0 Å². The van der Waals surface area contributed by atoms with Crippen LogP contribution in [-0.4, -0.2) is 23.9 Å². The molecule has 0 saturated heterocycles. The van der Waals surface area contributed by atoms with Crippen molar-refractivity contribution < 1.29 is 38.1 Å². The minimum absolute atomic E-state index is 0.0589. The second-order valence-corrected chi connectivity index (χ2v) is 17.4. The fraction of sp³-hybridized carbons (Fsp3) is 0.407. The van der Waals surface area contributed by atoms with Crippen LogP contribution in [0.25, 0.3) is 23.3 Å². The molecule has 2 aliphatic carbocycles. The van der Waals surface area contributed by atoms with Crippen LogP contribution >= 0.6 is 0 Å². The molecule has 0 unspecified atom stereocenters. The standard InChI is InChI=1S/C54H64N2O8/c1-3-5-7-37-9-19-41(20-10-37)53(59)63-47-25-13-39(14-26-47)17-31-51(57)61-35-43-33-45(55)23-29-49(43)50-30-24-46(56)34-44(50)36-62-52(58)32-18-40-15-27-48(28-16-40)64-54(60)42-21-11-38(12-22-42)8-6-4-2/h13-18,23-34,37-38,41-42H,3-12,19-22,35-36,55-56H2,1-2H3/b31-17+,32-18+. The van der Waals surface area contributed by atoms with Crippen molar-refractivity contribution in [2.75, 3.05) is 11.5 Å². The number of rotatable bonds is 19. The Kier molecular flexibility index (Phi) is 17.8. The first kappa shape index (κ1) is 47.3. The molecule has 2 aliphatic rings. The van der Waals surface area contributed by atoms with E-state index < -0.39 is 11.9 Å². The van der Waals surface area contributed by atoms with E-state index in [2.05, 4.69) is 13.8 Å². The van der Waals surface area contributed by atoms with Crippen molar-refractivity contribution in [3.05, 3.63) is 119 Å². The van der Waals surface area contributed by atoms with Gasteiger partial charge >= 0.3 is 23.9 Å². The summed E-state index contributed by atoms with van der Waals surface area (Å²) in [6.07, 6.45) is 21.2. The maximum atomic E-state index is 12.9. The summed E-state index contributed by atoms with van der Waals surface area (Å²) in [5, 5.41) is 0. The Morgan fingerprint density at radius 3 is 1.27 bits per heavy atom. The van der Waals surface area contributed by atoms with Gasteiger partial charge in [-0.3, -0.25) is 9.59 Å². The summed E-state index contributed by atoms with van der Waals surface area (Å²) in [5.74, 6) is 0.825. The molecule has 2 saturated carbocycles. The molecule has 64 heavy (non-hydrogen) atoms. The number of nitrogen functional groups attached to an aromatic ring is 2. The van der Waals surface area contributed by atoms with Gasteiger partial charge in [0.1, 0.15) is 24.7 Å². The Bertz CT molecular complexity index is 2070. The average Bonchev–Trinajstić information content (AvgIpc) is 3.31. The lowest BCUT2D eigenvalue weighted by atomic mass is 9.80. The molecule has 0 bridgehead atoms. The van der Waals surface area contributed by atoms with Gasteiger partial charge in [0, 0.05) is 23.5 Å². The summed E-state index contributed by atoms with van der Waals surface area (Å²) in [4.78, 5) is 51.4. The molecule has 0 spiro atoms. The SMILES string of the molecule is CCCCC1CCC(C(=O)Oc2ccc(/C=C/C(=O)OCc3cc(N)ccc3-c3ccc(N)cc3COC(=O)/C=C/c3ccc(OC(=O)C4CCC(CCCC)CC4)cc3)cc2)CC1. The minimum Gasteiger partial charge on any atom is -0.458 e. The summed E-state index contributed by atoms with van der Waals surface area (Å²) in [7, 11) is 0. The van der Waals surface area contributed by atoms with Crippen molar-refractivity contribution >= 4 is 47.4 Å². The van der Waals surface area contributed by atoms with Crippen molar-refractivity contribution in [2.45, 2.75) is 117 Å². The number of ether oxygens (including phenoxy) is 4. The van der Waals surface area contributed by atoms with Gasteiger partial charge in [0.25, 0.3) is 0 Å². The quantitative estimate of drug-likeness (QED) is 0.0402. The number of unbranched alkanes of at least 4 members (excludes halogenated alkanes) is 2. The van der Waals surface area contributed by atoms with E-state index >= 15 is 0 Å². The summed E-state index contributed by atoms with van der Waals surface area (Å²) in [6, 6.07) is 24.7. The summed E-state index contributed by atoms with van der Waals surface area (Å²) in [5.41, 5.74) is 17.6. The molecule has 4 aromatic carbocycles. The minimum atomic E-state index is -0.553. The van der Waals surface area contributed by atoms with Gasteiger partial charge in [-0.1, -0.05) is 88.8 Å². The van der Waals surface area contributed by atoms with Crippen LogP contribution in [0.1, 0.15) is 126 Å². The fourth-order valence-corrected chi connectivity index (χ4v) is 8.77. The van der Waals surface area contributed by atoms with Crippen LogP contribution in [0.15, 0.2) is 97.1 Å². The number of carbonyl (C=O) groups is 4. The third-order valence-corrected chi connectivity index (χ3v) is 12.6. The molecule has 0 radical (unpaired) electrons. The first-order valence-corrected chi connectivity index (χ1v) is 23.2. The lowest BCUT2D eigenvalue weighted by Gasteiger charge is -2.27. The Hall–Kier alpha value is -6.16. The van der Waals surface area contributed by atoms with E-state index in [1.54, 1.807) is 84.9 Å². The summed E-state index contributed by atoms with van der Waals surface area (Å²) < 4.78 is 22.7. The fourth-order valence-electron chi connectivity index (χ4n) is 8.77. The smallest absolute Gasteiger partial charge is 0.331 e. The van der Waals surface area contributed by atoms with Gasteiger partial charge in [-0.15, -0.1) is 0 Å². The molecule has 6 rings (SSSR count). The average molecular weight is 869 g/mol. The maximum absolute atomic E-state index is 12.9. The maximum Gasteiger partial charge on any atom is 0.331 e. The third-order valence-electron chi connectivity index (χ3n) is 12.6. The van der Waals surface area contributed by atoms with E-state index in [-0.39, 0.29) is 37.0 Å². The van der Waals surface area contributed by atoms with Crippen LogP contribution in [0, 0.1) is 23.7 Å². The van der Waals surface area contributed by atoms with Crippen molar-refractivity contribution in [3.8, 4) is 22.6 Å². The number of anilines is 2. The molecule has 4 aromatic rings. The second-order valence-electron chi connectivity index (χ2n) is 17.4. The Morgan fingerprint density at radius 2 is 0.906 bits per heavy atom. The van der Waals surface area contributed by atoms with E-state index in [1.807, 2.05) is 12.1 Å². The third kappa shape index (κ3) is 14.4. The first-order chi connectivity index (χ1) is 31.1. The van der Waals surface area contributed by atoms with Crippen LogP contribution in [0.5, 0.6) is 11.5 Å². The van der Waals surface area contributed by atoms with E-state index in [9.17, 15) is 19.2 Å². The van der Waals surface area contributed by atoms with E-state index in [4.69, 9.17) is 30.4 Å². The topological polar surface area (TPSA) is 157 Å². The molecule has 10 nitrogen and oxygen atoms in total. The van der Waals surface area contributed by atoms with E-state index in [0.29, 0.717) is 34.0 Å². The number of hydrogen-bond acceptors (Lipinski definition) is 10. The van der Waals surface area contributed by atoms with Crippen molar-refractivity contribution in [1.29, 1.82) is 0 Å². The summed E-state index contributed by atoms with van der Waals surface area (Å²) in [6.45, 7) is 4.29. The highest BCUT2D eigenvalue weighted by Gasteiger charge is 2.29. The van der Waals surface area contributed by atoms with E-state index in [1.165, 1.54) is 50.7 Å². The van der Waals surface area contributed by atoms with Gasteiger partial charge in [0.05, 0.1) is 11.8 Å². The monoisotopic (exact) mass is 868 g/mol. The molecule has 0 aliphatic heterocycles. The van der Waals surface area contributed by atoms with Gasteiger partial charge in [0.2, 0.25) is 0 Å². The van der Waals surface area contributed by atoms with Crippen molar-refractivity contribution in [2.24, 2.45) is 23.7 Å². The highest BCUT2D eigenvalue weighted by Crippen LogP contribution is 2.35. The van der Waals surface area contributed by atoms with Gasteiger partial charge < -0.3 is 30.4 Å². The Morgan fingerprint density at radius 1 is 0.531 bits per heavy atom.